The smallest absolute Gasteiger partial charge is 0.247 e. The molecule has 2 unspecified atom stereocenters. The number of amides is 3. The van der Waals surface area contributed by atoms with Gasteiger partial charge in [-0.05, 0) is 56.4 Å². The van der Waals surface area contributed by atoms with Crippen LogP contribution in [0.15, 0.2) is 55.6 Å². The van der Waals surface area contributed by atoms with E-state index in [1.807, 2.05) is 40.1 Å². The van der Waals surface area contributed by atoms with Gasteiger partial charge >= 0.3 is 0 Å². The van der Waals surface area contributed by atoms with E-state index in [-0.39, 0.29) is 40.9 Å². The van der Waals surface area contributed by atoms with Crippen LogP contribution in [-0.2, 0) is 20.9 Å². The van der Waals surface area contributed by atoms with Crippen molar-refractivity contribution in [2.45, 2.75) is 108 Å². The molecule has 1 spiro atoms. The molecule has 0 saturated carbocycles. The zero-order chi connectivity index (χ0) is 33.3. The van der Waals surface area contributed by atoms with Gasteiger partial charge in [0.25, 0.3) is 0 Å². The van der Waals surface area contributed by atoms with E-state index >= 15 is 4.79 Å². The minimum absolute atomic E-state index is 0.0358. The van der Waals surface area contributed by atoms with Crippen LogP contribution in [0.1, 0.15) is 79.7 Å². The summed E-state index contributed by atoms with van der Waals surface area (Å²) < 4.78 is -0.729. The number of hydrogen-bond donors (Lipinski definition) is 1. The third-order valence-electron chi connectivity index (χ3n) is 9.75. The summed E-state index contributed by atoms with van der Waals surface area (Å²) in [7, 11) is 0. The van der Waals surface area contributed by atoms with Gasteiger partial charge in [0.15, 0.2) is 0 Å². The molecule has 7 nitrogen and oxygen atoms in total. The van der Waals surface area contributed by atoms with Crippen molar-refractivity contribution >= 4 is 29.5 Å². The van der Waals surface area contributed by atoms with Gasteiger partial charge in [-0.25, -0.2) is 0 Å². The second-order valence-electron chi connectivity index (χ2n) is 15.5. The lowest BCUT2D eigenvalue weighted by Gasteiger charge is -2.46. The lowest BCUT2D eigenvalue weighted by atomic mass is 9.70. The first kappa shape index (κ1) is 35.3. The number of hydrogen-bond acceptors (Lipinski definition) is 5. The first-order valence-corrected chi connectivity index (χ1v) is 17.5. The van der Waals surface area contributed by atoms with E-state index in [1.165, 1.54) is 0 Å². The summed E-state index contributed by atoms with van der Waals surface area (Å²) in [4.78, 5) is 49.8. The van der Waals surface area contributed by atoms with Gasteiger partial charge in [-0.2, -0.15) is 0 Å². The molecule has 4 rings (SSSR count). The SMILES string of the molecule is C=CCN(Cc1ccccc1)C(=O)[C@@H]1[C@@H]2CCC3(S2)C(C(=O)N(CC=C)C(C)(C)CC(C)(C)C)N([C@@H](CO)CC(C)C)C(=O)[C@H]13. The quantitative estimate of drug-likeness (QED) is 0.256. The second-order valence-corrected chi connectivity index (χ2v) is 17.1. The van der Waals surface area contributed by atoms with Crippen LogP contribution >= 0.6 is 11.8 Å². The van der Waals surface area contributed by atoms with Crippen molar-refractivity contribution in [1.29, 1.82) is 0 Å². The van der Waals surface area contributed by atoms with Gasteiger partial charge in [0.05, 0.1) is 29.2 Å². The molecule has 0 radical (unpaired) electrons. The van der Waals surface area contributed by atoms with Crippen LogP contribution in [0.25, 0.3) is 0 Å². The Bertz CT molecular complexity index is 1260. The largest absolute Gasteiger partial charge is 0.394 e. The van der Waals surface area contributed by atoms with Gasteiger partial charge in [0.1, 0.15) is 6.04 Å². The van der Waals surface area contributed by atoms with Crippen molar-refractivity contribution < 1.29 is 19.5 Å². The Hall–Kier alpha value is -2.58. The van der Waals surface area contributed by atoms with Gasteiger partial charge in [0.2, 0.25) is 17.7 Å². The Kier molecular flexibility index (Phi) is 10.7. The summed E-state index contributed by atoms with van der Waals surface area (Å²) in [5.74, 6) is -1.26. The summed E-state index contributed by atoms with van der Waals surface area (Å²) in [5, 5.41) is 10.7. The van der Waals surface area contributed by atoms with E-state index in [9.17, 15) is 14.7 Å². The Morgan fingerprint density at radius 1 is 1.09 bits per heavy atom. The van der Waals surface area contributed by atoms with Gasteiger partial charge < -0.3 is 19.8 Å². The molecule has 0 aliphatic carbocycles. The molecule has 1 aromatic carbocycles. The van der Waals surface area contributed by atoms with Gasteiger partial charge in [-0.15, -0.1) is 24.9 Å². The molecule has 0 aromatic heterocycles. The number of carbonyl (C=O) groups excluding carboxylic acids is 3. The maximum Gasteiger partial charge on any atom is 0.247 e. The zero-order valence-electron chi connectivity index (χ0n) is 28.5. The third kappa shape index (κ3) is 6.92. The van der Waals surface area contributed by atoms with E-state index in [2.05, 4.69) is 61.6 Å². The predicted octanol–water partition coefficient (Wildman–Crippen LogP) is 5.93. The van der Waals surface area contributed by atoms with Crippen molar-refractivity contribution in [3.8, 4) is 0 Å². The molecule has 8 heteroatoms. The Morgan fingerprint density at radius 3 is 2.29 bits per heavy atom. The maximum atomic E-state index is 15.1. The maximum absolute atomic E-state index is 15.1. The summed E-state index contributed by atoms with van der Waals surface area (Å²) in [6.45, 7) is 23.7. The predicted molar refractivity (Wildman–Crippen MR) is 183 cm³/mol. The zero-order valence-corrected chi connectivity index (χ0v) is 29.3. The molecule has 3 amide bonds. The molecular weight excluding hydrogens is 582 g/mol. The number of rotatable bonds is 14. The molecule has 3 aliphatic rings. The van der Waals surface area contributed by atoms with Crippen LogP contribution in [0, 0.1) is 23.2 Å². The van der Waals surface area contributed by atoms with E-state index in [0.29, 0.717) is 32.5 Å². The Morgan fingerprint density at radius 2 is 1.73 bits per heavy atom. The fourth-order valence-corrected chi connectivity index (χ4v) is 10.8. The normalized spacial score (nSPS) is 26.6. The number of nitrogens with zero attached hydrogens (tertiary/aromatic N) is 3. The van der Waals surface area contributed by atoms with E-state index in [4.69, 9.17) is 0 Å². The first-order valence-electron chi connectivity index (χ1n) is 16.6. The fraction of sp³-hybridized carbons (Fsp3) is 0.649. The van der Waals surface area contributed by atoms with Crippen LogP contribution in [0.4, 0.5) is 0 Å². The molecule has 1 aromatic rings. The minimum Gasteiger partial charge on any atom is -0.394 e. The van der Waals surface area contributed by atoms with Crippen molar-refractivity contribution in [2.75, 3.05) is 19.7 Å². The fourth-order valence-electron chi connectivity index (χ4n) is 8.57. The average molecular weight is 638 g/mol. The monoisotopic (exact) mass is 637 g/mol. The molecule has 3 heterocycles. The highest BCUT2D eigenvalue weighted by atomic mass is 32.2. The minimum atomic E-state index is -0.764. The highest BCUT2D eigenvalue weighted by Crippen LogP contribution is 2.67. The standard InChI is InChI=1S/C37H55N3O4S/c1-10-19-38(22-26-15-13-12-14-16-26)32(42)29-28-17-18-37(45-28)30(29)33(43)40(27(23-41)21-25(3)4)31(37)34(44)39(20-11-2)36(8,9)24-35(5,6)7/h10-16,25,27-31,41H,1-2,17-24H2,3-9H3/t27-,28+,29-,30+,31?,37?/m1/s1. The van der Waals surface area contributed by atoms with Crippen LogP contribution in [-0.4, -0.2) is 84.8 Å². The number of likely N-dealkylation sites (tertiary alicyclic amines) is 1. The van der Waals surface area contributed by atoms with Gasteiger partial charge in [-0.1, -0.05) is 77.1 Å². The summed E-state index contributed by atoms with van der Waals surface area (Å²) in [6, 6.07) is 8.61. The molecule has 2 bridgehead atoms. The van der Waals surface area contributed by atoms with Crippen LogP contribution in [0.5, 0.6) is 0 Å². The highest BCUT2D eigenvalue weighted by Gasteiger charge is 2.75. The van der Waals surface area contributed by atoms with E-state index < -0.39 is 34.2 Å². The van der Waals surface area contributed by atoms with E-state index in [1.54, 1.807) is 28.8 Å². The summed E-state index contributed by atoms with van der Waals surface area (Å²) >= 11 is 1.69. The number of carbonyl (C=O) groups is 3. The van der Waals surface area contributed by atoms with Crippen LogP contribution in [0.2, 0.25) is 0 Å². The number of aliphatic hydroxyl groups excluding tert-OH is 1. The lowest BCUT2D eigenvalue weighted by molar-refractivity contribution is -0.150. The van der Waals surface area contributed by atoms with E-state index in [0.717, 1.165) is 18.4 Å². The topological polar surface area (TPSA) is 81.2 Å². The molecule has 45 heavy (non-hydrogen) atoms. The highest BCUT2D eigenvalue weighted by molar-refractivity contribution is 8.02. The Balaban J connectivity index is 1.80. The molecule has 6 atom stereocenters. The van der Waals surface area contributed by atoms with Crippen molar-refractivity contribution in [3.63, 3.8) is 0 Å². The Labute approximate surface area is 275 Å². The van der Waals surface area contributed by atoms with Gasteiger partial charge in [-0.3, -0.25) is 14.4 Å². The molecule has 1 N–H and O–H groups in total. The van der Waals surface area contributed by atoms with Crippen LogP contribution < -0.4 is 0 Å². The molecule has 248 valence electrons. The molecule has 3 saturated heterocycles. The lowest BCUT2D eigenvalue weighted by Crippen LogP contribution is -2.61. The van der Waals surface area contributed by atoms with Crippen molar-refractivity contribution in [1.82, 2.24) is 14.7 Å². The average Bonchev–Trinajstić information content (AvgIpc) is 3.60. The second kappa shape index (κ2) is 13.6. The third-order valence-corrected chi connectivity index (χ3v) is 11.7. The summed E-state index contributed by atoms with van der Waals surface area (Å²) in [5.41, 5.74) is 0.475. The summed E-state index contributed by atoms with van der Waals surface area (Å²) in [6.07, 6.45) is 6.30. The number of fused-ring (bicyclic) bond motifs is 1. The van der Waals surface area contributed by atoms with Gasteiger partial charge in [0, 0.05) is 30.4 Å². The van der Waals surface area contributed by atoms with Crippen molar-refractivity contribution in [2.24, 2.45) is 23.2 Å². The number of benzene rings is 1. The molecule has 3 fully saturated rings. The van der Waals surface area contributed by atoms with Crippen molar-refractivity contribution in [3.05, 3.63) is 61.2 Å². The molecule has 3 aliphatic heterocycles. The number of thioether (sulfide) groups is 1. The molecular formula is C37H55N3O4S. The van der Waals surface area contributed by atoms with Crippen LogP contribution in [0.3, 0.4) is 0 Å². The first-order chi connectivity index (χ1) is 21.1. The number of aliphatic hydroxyl groups is 1.